The second-order valence-corrected chi connectivity index (χ2v) is 7.33. The van der Waals surface area contributed by atoms with Gasteiger partial charge >= 0.3 is 0 Å². The summed E-state index contributed by atoms with van der Waals surface area (Å²) in [5.74, 6) is 1.26. The van der Waals surface area contributed by atoms with E-state index in [1.165, 1.54) is 32.2 Å². The molecule has 0 aliphatic carbocycles. The lowest BCUT2D eigenvalue weighted by molar-refractivity contribution is 0.0301. The molecule has 2 unspecified atom stereocenters. The van der Waals surface area contributed by atoms with Crippen molar-refractivity contribution in [3.05, 3.63) is 0 Å². The SMILES string of the molecule is CCNC(=NCC(O)COCC(C)C)NCCN1CCCCC1CC. The minimum absolute atomic E-state index is 0.340. The summed E-state index contributed by atoms with van der Waals surface area (Å²) in [6.45, 7) is 13.8. The Hall–Kier alpha value is -0.850. The number of hydrogen-bond acceptors (Lipinski definition) is 4. The van der Waals surface area contributed by atoms with Gasteiger partial charge in [0, 0.05) is 32.3 Å². The molecule has 3 N–H and O–H groups in total. The molecule has 1 saturated heterocycles. The summed E-state index contributed by atoms with van der Waals surface area (Å²) in [5.41, 5.74) is 0. The standard InChI is InChI=1S/C19H40N4O2/c1-5-17-9-7-8-11-23(17)12-10-21-19(20-6-2)22-13-18(24)15-25-14-16(3)4/h16-18,24H,5-15H2,1-4H3,(H2,20,21,22). The molecule has 0 aromatic rings. The van der Waals surface area contributed by atoms with Gasteiger partial charge in [0.25, 0.3) is 0 Å². The Morgan fingerprint density at radius 1 is 1.24 bits per heavy atom. The van der Waals surface area contributed by atoms with Crippen LogP contribution in [-0.4, -0.2) is 74.0 Å². The molecule has 0 aromatic heterocycles. The number of guanidine groups is 1. The first kappa shape index (κ1) is 22.2. The van der Waals surface area contributed by atoms with Crippen molar-refractivity contribution in [3.8, 4) is 0 Å². The molecular formula is C19H40N4O2. The largest absolute Gasteiger partial charge is 0.389 e. The molecule has 0 radical (unpaired) electrons. The monoisotopic (exact) mass is 356 g/mol. The highest BCUT2D eigenvalue weighted by atomic mass is 16.5. The summed E-state index contributed by atoms with van der Waals surface area (Å²) in [6.07, 6.45) is 4.68. The number of nitrogens with one attached hydrogen (secondary N) is 2. The molecule has 1 fully saturated rings. The van der Waals surface area contributed by atoms with Crippen LogP contribution in [0.1, 0.15) is 53.4 Å². The van der Waals surface area contributed by atoms with E-state index in [9.17, 15) is 5.11 Å². The highest BCUT2D eigenvalue weighted by Gasteiger charge is 2.19. The van der Waals surface area contributed by atoms with Gasteiger partial charge in [-0.1, -0.05) is 27.2 Å². The Morgan fingerprint density at radius 2 is 2.04 bits per heavy atom. The first-order valence-electron chi connectivity index (χ1n) is 10.1. The van der Waals surface area contributed by atoms with Crippen molar-refractivity contribution in [2.45, 2.75) is 65.5 Å². The van der Waals surface area contributed by atoms with Crippen LogP contribution in [0.2, 0.25) is 0 Å². The molecule has 0 bridgehead atoms. The van der Waals surface area contributed by atoms with E-state index < -0.39 is 6.10 Å². The van der Waals surface area contributed by atoms with E-state index in [1.807, 2.05) is 0 Å². The van der Waals surface area contributed by atoms with Gasteiger partial charge in [0.1, 0.15) is 0 Å². The summed E-state index contributed by atoms with van der Waals surface area (Å²) in [5, 5.41) is 16.6. The average Bonchev–Trinajstić information content (AvgIpc) is 2.59. The topological polar surface area (TPSA) is 69.1 Å². The van der Waals surface area contributed by atoms with Gasteiger partial charge < -0.3 is 20.5 Å². The normalized spacial score (nSPS) is 20.7. The van der Waals surface area contributed by atoms with Crippen LogP contribution in [0, 0.1) is 5.92 Å². The lowest BCUT2D eigenvalue weighted by Crippen LogP contribution is -2.46. The third-order valence-electron chi connectivity index (χ3n) is 4.48. The van der Waals surface area contributed by atoms with Crippen LogP contribution in [0.5, 0.6) is 0 Å². The van der Waals surface area contributed by atoms with Gasteiger partial charge in [0.2, 0.25) is 0 Å². The zero-order valence-electron chi connectivity index (χ0n) is 16.8. The molecule has 25 heavy (non-hydrogen) atoms. The molecule has 0 amide bonds. The Balaban J connectivity index is 2.32. The van der Waals surface area contributed by atoms with E-state index in [4.69, 9.17) is 4.74 Å². The van der Waals surface area contributed by atoms with Gasteiger partial charge in [0.15, 0.2) is 5.96 Å². The van der Waals surface area contributed by atoms with E-state index in [2.05, 4.69) is 48.2 Å². The Morgan fingerprint density at radius 3 is 2.72 bits per heavy atom. The van der Waals surface area contributed by atoms with Crippen molar-refractivity contribution < 1.29 is 9.84 Å². The molecule has 6 nitrogen and oxygen atoms in total. The Labute approximate surface area is 154 Å². The molecule has 0 spiro atoms. The van der Waals surface area contributed by atoms with Crippen LogP contribution in [0.15, 0.2) is 4.99 Å². The number of aliphatic imine (C=N–C) groups is 1. The van der Waals surface area contributed by atoms with Gasteiger partial charge in [-0.3, -0.25) is 9.89 Å². The van der Waals surface area contributed by atoms with Gasteiger partial charge in [-0.15, -0.1) is 0 Å². The summed E-state index contributed by atoms with van der Waals surface area (Å²) >= 11 is 0. The third-order valence-corrected chi connectivity index (χ3v) is 4.48. The molecule has 2 atom stereocenters. The third kappa shape index (κ3) is 10.0. The van der Waals surface area contributed by atoms with Gasteiger partial charge in [-0.25, -0.2) is 0 Å². The number of rotatable bonds is 11. The number of likely N-dealkylation sites (tertiary alicyclic amines) is 1. The molecule has 1 heterocycles. The zero-order chi connectivity index (χ0) is 18.5. The van der Waals surface area contributed by atoms with Crippen molar-refractivity contribution in [1.82, 2.24) is 15.5 Å². The van der Waals surface area contributed by atoms with Crippen LogP contribution >= 0.6 is 0 Å². The first-order valence-corrected chi connectivity index (χ1v) is 10.1. The van der Waals surface area contributed by atoms with E-state index in [0.29, 0.717) is 25.7 Å². The molecule has 6 heteroatoms. The Bertz CT molecular complexity index is 363. The molecule has 1 rings (SSSR count). The predicted octanol–water partition coefficient (Wildman–Crippen LogP) is 1.84. The van der Waals surface area contributed by atoms with Crippen LogP contribution < -0.4 is 10.6 Å². The number of nitrogens with zero attached hydrogens (tertiary/aromatic N) is 2. The smallest absolute Gasteiger partial charge is 0.191 e. The molecule has 148 valence electrons. The van der Waals surface area contributed by atoms with Gasteiger partial charge in [-0.05, 0) is 38.6 Å². The molecule has 1 aliphatic heterocycles. The van der Waals surface area contributed by atoms with Crippen LogP contribution in [0.4, 0.5) is 0 Å². The molecular weight excluding hydrogens is 316 g/mol. The summed E-state index contributed by atoms with van der Waals surface area (Å²) in [6, 6.07) is 0.731. The fraction of sp³-hybridized carbons (Fsp3) is 0.947. The highest BCUT2D eigenvalue weighted by molar-refractivity contribution is 5.79. The zero-order valence-corrected chi connectivity index (χ0v) is 16.8. The molecule has 0 saturated carbocycles. The number of hydrogen-bond donors (Lipinski definition) is 3. The van der Waals surface area contributed by atoms with Crippen molar-refractivity contribution in [2.24, 2.45) is 10.9 Å². The number of ether oxygens (including phenoxy) is 1. The average molecular weight is 357 g/mol. The van der Waals surface area contributed by atoms with Crippen LogP contribution in [0.3, 0.4) is 0 Å². The quantitative estimate of drug-likeness (QED) is 0.389. The molecule has 0 aromatic carbocycles. The van der Waals surface area contributed by atoms with Crippen molar-refractivity contribution in [2.75, 3.05) is 45.9 Å². The van der Waals surface area contributed by atoms with E-state index in [-0.39, 0.29) is 0 Å². The number of aliphatic hydroxyl groups is 1. The minimum atomic E-state index is -0.555. The fourth-order valence-electron chi connectivity index (χ4n) is 3.17. The lowest BCUT2D eigenvalue weighted by atomic mass is 10.0. The maximum atomic E-state index is 9.98. The van der Waals surface area contributed by atoms with E-state index >= 15 is 0 Å². The van der Waals surface area contributed by atoms with Gasteiger partial charge in [0.05, 0.1) is 19.3 Å². The van der Waals surface area contributed by atoms with Gasteiger partial charge in [-0.2, -0.15) is 0 Å². The Kier molecular flexibility index (Phi) is 11.9. The maximum absolute atomic E-state index is 9.98. The van der Waals surface area contributed by atoms with E-state index in [0.717, 1.165) is 31.6 Å². The second kappa shape index (κ2) is 13.4. The highest BCUT2D eigenvalue weighted by Crippen LogP contribution is 2.18. The van der Waals surface area contributed by atoms with Crippen LogP contribution in [0.25, 0.3) is 0 Å². The van der Waals surface area contributed by atoms with Crippen molar-refractivity contribution >= 4 is 5.96 Å². The second-order valence-electron chi connectivity index (χ2n) is 7.33. The fourth-order valence-corrected chi connectivity index (χ4v) is 3.17. The van der Waals surface area contributed by atoms with Crippen molar-refractivity contribution in [1.29, 1.82) is 0 Å². The summed E-state index contributed by atoms with van der Waals surface area (Å²) in [7, 11) is 0. The number of piperidine rings is 1. The van der Waals surface area contributed by atoms with E-state index in [1.54, 1.807) is 0 Å². The van der Waals surface area contributed by atoms with Crippen molar-refractivity contribution in [3.63, 3.8) is 0 Å². The summed E-state index contributed by atoms with van der Waals surface area (Å²) in [4.78, 5) is 7.07. The maximum Gasteiger partial charge on any atom is 0.191 e. The first-order chi connectivity index (χ1) is 12.1. The predicted molar refractivity (Wildman–Crippen MR) is 105 cm³/mol. The summed E-state index contributed by atoms with van der Waals surface area (Å²) < 4.78 is 5.47. The van der Waals surface area contributed by atoms with Crippen LogP contribution in [-0.2, 0) is 4.74 Å². The minimum Gasteiger partial charge on any atom is -0.389 e. The lowest BCUT2D eigenvalue weighted by Gasteiger charge is -2.35. The molecule has 1 aliphatic rings. The number of aliphatic hydroxyl groups excluding tert-OH is 1.